The molecular formula is C15H14N4O5. The Hall–Kier alpha value is -3.23. The minimum atomic E-state index is -1.06. The summed E-state index contributed by atoms with van der Waals surface area (Å²) in [6.45, 7) is -0.341. The third kappa shape index (κ3) is 3.24. The smallest absolute Gasteiger partial charge is 0.323 e. The molecule has 0 unspecified atom stereocenters. The van der Waals surface area contributed by atoms with Gasteiger partial charge in [-0.3, -0.25) is 19.7 Å². The van der Waals surface area contributed by atoms with E-state index in [-0.39, 0.29) is 29.7 Å². The molecule has 124 valence electrons. The number of benzene rings is 1. The summed E-state index contributed by atoms with van der Waals surface area (Å²) in [6.07, 6.45) is 4.45. The molecule has 9 nitrogen and oxygen atoms in total. The van der Waals surface area contributed by atoms with E-state index in [4.69, 9.17) is 5.11 Å². The molecule has 1 N–H and O–H groups in total. The van der Waals surface area contributed by atoms with Crippen molar-refractivity contribution in [1.29, 1.82) is 0 Å². The monoisotopic (exact) mass is 330 g/mol. The van der Waals surface area contributed by atoms with Crippen molar-refractivity contribution in [2.45, 2.75) is 18.9 Å². The number of rotatable bonds is 6. The molecule has 1 aliphatic carbocycles. The first kappa shape index (κ1) is 15.7. The normalized spacial score (nSPS) is 13.5. The standard InChI is InChI=1S/C15H14N4O5/c20-14(21)9-17(11-1-2-11)15(22)10-7-16-18(8-10)12-3-5-13(6-4-12)19(23)24/h3-8,11H,1-2,9H2,(H,20,21). The van der Waals surface area contributed by atoms with Crippen LogP contribution in [-0.2, 0) is 4.79 Å². The van der Waals surface area contributed by atoms with Crippen molar-refractivity contribution in [3.05, 3.63) is 52.3 Å². The van der Waals surface area contributed by atoms with Crippen molar-refractivity contribution in [3.63, 3.8) is 0 Å². The molecule has 0 bridgehead atoms. The van der Waals surface area contributed by atoms with E-state index in [1.807, 2.05) is 0 Å². The highest BCUT2D eigenvalue weighted by Gasteiger charge is 2.34. The molecule has 0 atom stereocenters. The number of nitro groups is 1. The molecule has 1 aromatic carbocycles. The number of aliphatic carboxylic acids is 1. The highest BCUT2D eigenvalue weighted by atomic mass is 16.6. The number of hydrogen-bond acceptors (Lipinski definition) is 5. The number of carbonyl (C=O) groups excluding carboxylic acids is 1. The van der Waals surface area contributed by atoms with E-state index in [9.17, 15) is 19.7 Å². The predicted molar refractivity (Wildman–Crippen MR) is 81.9 cm³/mol. The second-order valence-electron chi connectivity index (χ2n) is 5.51. The van der Waals surface area contributed by atoms with E-state index in [0.717, 1.165) is 12.8 Å². The van der Waals surface area contributed by atoms with Crippen LogP contribution in [0.25, 0.3) is 5.69 Å². The first-order chi connectivity index (χ1) is 11.5. The van der Waals surface area contributed by atoms with Crippen LogP contribution < -0.4 is 0 Å². The van der Waals surface area contributed by atoms with Gasteiger partial charge < -0.3 is 10.0 Å². The molecule has 1 saturated carbocycles. The van der Waals surface area contributed by atoms with Gasteiger partial charge in [0.2, 0.25) is 0 Å². The molecule has 3 rings (SSSR count). The van der Waals surface area contributed by atoms with Crippen LogP contribution in [0.3, 0.4) is 0 Å². The number of carbonyl (C=O) groups is 2. The lowest BCUT2D eigenvalue weighted by Crippen LogP contribution is -2.37. The first-order valence-corrected chi connectivity index (χ1v) is 7.28. The van der Waals surface area contributed by atoms with Crippen LogP contribution in [0.2, 0.25) is 0 Å². The summed E-state index contributed by atoms with van der Waals surface area (Å²) in [7, 11) is 0. The van der Waals surface area contributed by atoms with Gasteiger partial charge in [-0.05, 0) is 25.0 Å². The van der Waals surface area contributed by atoms with Crippen molar-refractivity contribution in [2.75, 3.05) is 6.54 Å². The number of nitrogens with zero attached hydrogens (tertiary/aromatic N) is 4. The summed E-state index contributed by atoms with van der Waals surface area (Å²) in [5.74, 6) is -1.44. The first-order valence-electron chi connectivity index (χ1n) is 7.28. The van der Waals surface area contributed by atoms with Crippen molar-refractivity contribution in [3.8, 4) is 5.69 Å². The van der Waals surface area contributed by atoms with E-state index < -0.39 is 10.9 Å². The quantitative estimate of drug-likeness (QED) is 0.633. The van der Waals surface area contributed by atoms with Gasteiger partial charge >= 0.3 is 5.97 Å². The average Bonchev–Trinajstić information content (AvgIpc) is 3.28. The van der Waals surface area contributed by atoms with Gasteiger partial charge in [-0.15, -0.1) is 0 Å². The molecule has 0 aliphatic heterocycles. The maximum Gasteiger partial charge on any atom is 0.323 e. The lowest BCUT2D eigenvalue weighted by Gasteiger charge is -2.19. The number of carboxylic acids is 1. The summed E-state index contributed by atoms with van der Waals surface area (Å²) in [5, 5.41) is 23.7. The van der Waals surface area contributed by atoms with Gasteiger partial charge in [0.05, 0.1) is 22.4 Å². The molecule has 1 aliphatic rings. The minimum absolute atomic E-state index is 0.0312. The Labute approximate surface area is 136 Å². The number of nitro benzene ring substituents is 1. The second kappa shape index (κ2) is 6.11. The van der Waals surface area contributed by atoms with Gasteiger partial charge in [0.1, 0.15) is 6.54 Å². The highest BCUT2D eigenvalue weighted by Crippen LogP contribution is 2.28. The Morgan fingerprint density at radius 1 is 1.33 bits per heavy atom. The largest absolute Gasteiger partial charge is 0.480 e. The SMILES string of the molecule is O=C(O)CN(C(=O)c1cnn(-c2ccc([N+](=O)[O-])cc2)c1)C1CC1. The highest BCUT2D eigenvalue weighted by molar-refractivity contribution is 5.96. The van der Waals surface area contributed by atoms with E-state index >= 15 is 0 Å². The van der Waals surface area contributed by atoms with Crippen LogP contribution in [0.4, 0.5) is 5.69 Å². The van der Waals surface area contributed by atoms with Gasteiger partial charge in [0, 0.05) is 24.4 Å². The van der Waals surface area contributed by atoms with Crippen molar-refractivity contribution < 1.29 is 19.6 Å². The fourth-order valence-corrected chi connectivity index (χ4v) is 2.37. The van der Waals surface area contributed by atoms with Crippen LogP contribution >= 0.6 is 0 Å². The van der Waals surface area contributed by atoms with Crippen LogP contribution in [0.15, 0.2) is 36.7 Å². The topological polar surface area (TPSA) is 119 Å². The zero-order chi connectivity index (χ0) is 17.3. The average molecular weight is 330 g/mol. The fourth-order valence-electron chi connectivity index (χ4n) is 2.37. The number of hydrogen-bond donors (Lipinski definition) is 1. The predicted octanol–water partition coefficient (Wildman–Crippen LogP) is 1.47. The van der Waals surface area contributed by atoms with Gasteiger partial charge in [-0.2, -0.15) is 5.10 Å². The molecule has 9 heteroatoms. The van der Waals surface area contributed by atoms with E-state index in [1.54, 1.807) is 0 Å². The lowest BCUT2D eigenvalue weighted by atomic mass is 10.2. The van der Waals surface area contributed by atoms with Gasteiger partial charge in [-0.25, -0.2) is 4.68 Å². The van der Waals surface area contributed by atoms with Gasteiger partial charge in [0.25, 0.3) is 11.6 Å². The molecule has 0 radical (unpaired) electrons. The van der Waals surface area contributed by atoms with Crippen LogP contribution in [0.5, 0.6) is 0 Å². The maximum absolute atomic E-state index is 12.5. The van der Waals surface area contributed by atoms with Crippen LogP contribution in [0, 0.1) is 10.1 Å². The zero-order valence-corrected chi connectivity index (χ0v) is 12.5. The second-order valence-corrected chi connectivity index (χ2v) is 5.51. The van der Waals surface area contributed by atoms with E-state index in [1.165, 1.54) is 46.2 Å². The van der Waals surface area contributed by atoms with Gasteiger partial charge in [0.15, 0.2) is 0 Å². The fraction of sp³-hybridized carbons (Fsp3) is 0.267. The summed E-state index contributed by atoms with van der Waals surface area (Å²) < 4.78 is 1.42. The summed E-state index contributed by atoms with van der Waals surface area (Å²) in [4.78, 5) is 34.9. The van der Waals surface area contributed by atoms with Crippen molar-refractivity contribution in [1.82, 2.24) is 14.7 Å². The third-order valence-electron chi connectivity index (χ3n) is 3.71. The summed E-state index contributed by atoms with van der Waals surface area (Å²) in [6, 6.07) is 5.71. The van der Waals surface area contributed by atoms with Crippen molar-refractivity contribution >= 4 is 17.6 Å². The van der Waals surface area contributed by atoms with Gasteiger partial charge in [-0.1, -0.05) is 0 Å². The van der Waals surface area contributed by atoms with Crippen molar-refractivity contribution in [2.24, 2.45) is 0 Å². The number of non-ortho nitro benzene ring substituents is 1. The van der Waals surface area contributed by atoms with Crippen LogP contribution in [-0.4, -0.2) is 49.2 Å². The summed E-state index contributed by atoms with van der Waals surface area (Å²) in [5.41, 5.74) is 0.806. The molecule has 1 amide bonds. The molecule has 1 aromatic heterocycles. The molecule has 2 aromatic rings. The number of carboxylic acid groups (broad SMARTS) is 1. The van der Waals surface area contributed by atoms with E-state index in [0.29, 0.717) is 5.69 Å². The molecule has 0 saturated heterocycles. The maximum atomic E-state index is 12.5. The minimum Gasteiger partial charge on any atom is -0.480 e. The molecule has 1 heterocycles. The Morgan fingerprint density at radius 3 is 2.54 bits per heavy atom. The lowest BCUT2D eigenvalue weighted by molar-refractivity contribution is -0.384. The number of aromatic nitrogens is 2. The zero-order valence-electron chi connectivity index (χ0n) is 12.5. The van der Waals surface area contributed by atoms with Crippen LogP contribution in [0.1, 0.15) is 23.2 Å². The molecule has 1 fully saturated rings. The Bertz CT molecular complexity index is 794. The Morgan fingerprint density at radius 2 is 2.00 bits per heavy atom. The number of amides is 1. The van der Waals surface area contributed by atoms with E-state index in [2.05, 4.69) is 5.10 Å². The molecular weight excluding hydrogens is 316 g/mol. The summed E-state index contributed by atoms with van der Waals surface area (Å²) >= 11 is 0. The molecule has 0 spiro atoms. The Kier molecular flexibility index (Phi) is 3.98. The molecule has 24 heavy (non-hydrogen) atoms. The third-order valence-corrected chi connectivity index (χ3v) is 3.71. The Balaban J connectivity index is 1.80.